The van der Waals surface area contributed by atoms with Gasteiger partial charge in [-0.3, -0.25) is 0 Å². The molecule has 0 aromatic heterocycles. The minimum absolute atomic E-state index is 0.268. The van der Waals surface area contributed by atoms with Crippen LogP contribution in [0.15, 0.2) is 48.5 Å². The van der Waals surface area contributed by atoms with Crippen LogP contribution in [0.3, 0.4) is 0 Å². The van der Waals surface area contributed by atoms with E-state index in [1.54, 1.807) is 6.07 Å². The van der Waals surface area contributed by atoms with Gasteiger partial charge in [-0.1, -0.05) is 66.5 Å². The summed E-state index contributed by atoms with van der Waals surface area (Å²) in [6.45, 7) is 3.03. The maximum Gasteiger partial charge on any atom is 0.0453 e. The predicted octanol–water partition coefficient (Wildman–Crippen LogP) is 4.89. The number of halogens is 2. The van der Waals surface area contributed by atoms with Gasteiger partial charge >= 0.3 is 0 Å². The molecule has 19 heavy (non-hydrogen) atoms. The summed E-state index contributed by atoms with van der Waals surface area (Å²) in [5.74, 6) is 0. The lowest BCUT2D eigenvalue weighted by molar-refractivity contribution is 0.550. The van der Waals surface area contributed by atoms with Gasteiger partial charge in [0, 0.05) is 16.1 Å². The summed E-state index contributed by atoms with van der Waals surface area (Å²) in [7, 11) is 0. The van der Waals surface area contributed by atoms with Crippen LogP contribution in [0.2, 0.25) is 10.0 Å². The van der Waals surface area contributed by atoms with Crippen molar-refractivity contribution in [3.05, 3.63) is 69.7 Å². The third-order valence-electron chi connectivity index (χ3n) is 3.09. The molecule has 1 atom stereocenters. The Morgan fingerprint density at radius 1 is 1.05 bits per heavy atom. The molecule has 0 aliphatic rings. The van der Waals surface area contributed by atoms with Crippen LogP contribution in [0.1, 0.15) is 24.1 Å². The molecule has 2 aromatic rings. The van der Waals surface area contributed by atoms with E-state index in [1.807, 2.05) is 18.2 Å². The maximum absolute atomic E-state index is 6.25. The molecule has 0 heterocycles. The molecule has 0 amide bonds. The Kier molecular flexibility index (Phi) is 5.26. The van der Waals surface area contributed by atoms with Crippen LogP contribution in [-0.2, 0) is 6.42 Å². The summed E-state index contributed by atoms with van der Waals surface area (Å²) >= 11 is 12.2. The first-order chi connectivity index (χ1) is 9.20. The number of nitrogens with one attached hydrogen (secondary N) is 1. The summed E-state index contributed by atoms with van der Waals surface area (Å²) in [6.07, 6.45) is 0.855. The number of hydrogen-bond acceptors (Lipinski definition) is 1. The molecule has 0 saturated carbocycles. The zero-order valence-electron chi connectivity index (χ0n) is 10.9. The van der Waals surface area contributed by atoms with Gasteiger partial charge in [0.15, 0.2) is 0 Å². The molecule has 1 unspecified atom stereocenters. The fourth-order valence-corrected chi connectivity index (χ4v) is 2.63. The average molecular weight is 294 g/mol. The first-order valence-corrected chi connectivity index (χ1v) is 7.18. The summed E-state index contributed by atoms with van der Waals surface area (Å²) < 4.78 is 0. The highest BCUT2D eigenvalue weighted by atomic mass is 35.5. The van der Waals surface area contributed by atoms with E-state index in [0.717, 1.165) is 23.6 Å². The maximum atomic E-state index is 6.25. The smallest absolute Gasteiger partial charge is 0.0453 e. The number of hydrogen-bond donors (Lipinski definition) is 1. The van der Waals surface area contributed by atoms with Gasteiger partial charge in [0.05, 0.1) is 0 Å². The van der Waals surface area contributed by atoms with Crippen molar-refractivity contribution >= 4 is 23.2 Å². The molecule has 0 bridgehead atoms. The Hall–Kier alpha value is -1.02. The van der Waals surface area contributed by atoms with Crippen LogP contribution in [0.25, 0.3) is 0 Å². The van der Waals surface area contributed by atoms with Crippen LogP contribution in [-0.4, -0.2) is 6.54 Å². The molecule has 0 saturated heterocycles. The first kappa shape index (κ1) is 14.4. The largest absolute Gasteiger partial charge is 0.310 e. The lowest BCUT2D eigenvalue weighted by Crippen LogP contribution is -2.23. The monoisotopic (exact) mass is 293 g/mol. The summed E-state index contributed by atoms with van der Waals surface area (Å²) in [5.41, 5.74) is 2.39. The summed E-state index contributed by atoms with van der Waals surface area (Å²) in [6, 6.07) is 16.4. The predicted molar refractivity (Wildman–Crippen MR) is 83.0 cm³/mol. The zero-order valence-corrected chi connectivity index (χ0v) is 12.4. The van der Waals surface area contributed by atoms with Crippen molar-refractivity contribution in [1.82, 2.24) is 5.32 Å². The standard InChI is InChI=1S/C16H17Cl2N/c1-2-19-16(12-6-4-3-5-7-12)10-13-8-9-14(17)11-15(13)18/h3-9,11,16,19H,2,10H2,1H3. The molecule has 0 spiro atoms. The average Bonchev–Trinajstić information content (AvgIpc) is 2.42. The molecule has 2 rings (SSSR count). The van der Waals surface area contributed by atoms with Crippen molar-refractivity contribution in [2.45, 2.75) is 19.4 Å². The Labute approximate surface area is 124 Å². The molecule has 0 aliphatic carbocycles. The van der Waals surface area contributed by atoms with Crippen LogP contribution in [0.4, 0.5) is 0 Å². The second-order valence-corrected chi connectivity index (χ2v) is 5.30. The molecule has 0 fully saturated rings. The van der Waals surface area contributed by atoms with Crippen LogP contribution >= 0.6 is 23.2 Å². The molecule has 1 N–H and O–H groups in total. The summed E-state index contributed by atoms with van der Waals surface area (Å²) in [5, 5.41) is 4.90. The third-order valence-corrected chi connectivity index (χ3v) is 3.68. The second-order valence-electron chi connectivity index (χ2n) is 4.46. The fraction of sp³-hybridized carbons (Fsp3) is 0.250. The Bertz CT molecular complexity index is 526. The van der Waals surface area contributed by atoms with Crippen molar-refractivity contribution < 1.29 is 0 Å². The molecule has 1 nitrogen and oxygen atoms in total. The van der Waals surface area contributed by atoms with E-state index in [0.29, 0.717) is 5.02 Å². The number of rotatable bonds is 5. The van der Waals surface area contributed by atoms with Gasteiger partial charge in [-0.25, -0.2) is 0 Å². The molecule has 100 valence electrons. The van der Waals surface area contributed by atoms with Crippen molar-refractivity contribution in [1.29, 1.82) is 0 Å². The van der Waals surface area contributed by atoms with E-state index < -0.39 is 0 Å². The molecule has 2 aromatic carbocycles. The molecule has 0 radical (unpaired) electrons. The number of benzene rings is 2. The van der Waals surface area contributed by atoms with Gasteiger partial charge in [0.25, 0.3) is 0 Å². The van der Waals surface area contributed by atoms with Gasteiger partial charge in [0.2, 0.25) is 0 Å². The molecule has 0 aliphatic heterocycles. The summed E-state index contributed by atoms with van der Waals surface area (Å²) in [4.78, 5) is 0. The number of likely N-dealkylation sites (N-methyl/N-ethyl adjacent to an activating group) is 1. The van der Waals surface area contributed by atoms with Crippen LogP contribution < -0.4 is 5.32 Å². The lowest BCUT2D eigenvalue weighted by Gasteiger charge is -2.19. The van der Waals surface area contributed by atoms with Gasteiger partial charge in [0.1, 0.15) is 0 Å². The quantitative estimate of drug-likeness (QED) is 0.828. The molecule has 3 heteroatoms. The second kappa shape index (κ2) is 6.95. The Balaban J connectivity index is 2.21. The SMILES string of the molecule is CCNC(Cc1ccc(Cl)cc1Cl)c1ccccc1. The van der Waals surface area contributed by atoms with Crippen LogP contribution in [0, 0.1) is 0 Å². The highest BCUT2D eigenvalue weighted by Crippen LogP contribution is 2.26. The normalized spacial score (nSPS) is 12.4. The first-order valence-electron chi connectivity index (χ1n) is 6.43. The topological polar surface area (TPSA) is 12.0 Å². The van der Waals surface area contributed by atoms with Gasteiger partial charge in [-0.05, 0) is 36.2 Å². The van der Waals surface area contributed by atoms with E-state index in [9.17, 15) is 0 Å². The minimum Gasteiger partial charge on any atom is -0.310 e. The highest BCUT2D eigenvalue weighted by Gasteiger charge is 2.12. The molecular weight excluding hydrogens is 277 g/mol. The highest BCUT2D eigenvalue weighted by molar-refractivity contribution is 6.35. The van der Waals surface area contributed by atoms with Gasteiger partial charge in [-0.2, -0.15) is 0 Å². The van der Waals surface area contributed by atoms with E-state index in [1.165, 1.54) is 5.56 Å². The van der Waals surface area contributed by atoms with Gasteiger partial charge in [-0.15, -0.1) is 0 Å². The minimum atomic E-state index is 0.268. The van der Waals surface area contributed by atoms with Crippen LogP contribution in [0.5, 0.6) is 0 Å². The Morgan fingerprint density at radius 3 is 2.42 bits per heavy atom. The van der Waals surface area contributed by atoms with Crippen molar-refractivity contribution in [2.75, 3.05) is 6.54 Å². The van der Waals surface area contributed by atoms with Gasteiger partial charge < -0.3 is 5.32 Å². The van der Waals surface area contributed by atoms with Crippen molar-refractivity contribution in [3.8, 4) is 0 Å². The van der Waals surface area contributed by atoms with E-state index in [2.05, 4.69) is 36.5 Å². The fourth-order valence-electron chi connectivity index (χ4n) is 2.15. The Morgan fingerprint density at radius 2 is 1.79 bits per heavy atom. The molecular formula is C16H17Cl2N. The van der Waals surface area contributed by atoms with Crippen molar-refractivity contribution in [3.63, 3.8) is 0 Å². The zero-order chi connectivity index (χ0) is 13.7. The van der Waals surface area contributed by atoms with E-state index in [-0.39, 0.29) is 6.04 Å². The van der Waals surface area contributed by atoms with E-state index in [4.69, 9.17) is 23.2 Å². The lowest BCUT2D eigenvalue weighted by atomic mass is 9.99. The van der Waals surface area contributed by atoms with E-state index >= 15 is 0 Å². The van der Waals surface area contributed by atoms with Crippen molar-refractivity contribution in [2.24, 2.45) is 0 Å². The third kappa shape index (κ3) is 3.97.